The summed E-state index contributed by atoms with van der Waals surface area (Å²) < 4.78 is 37.0. The number of nitrogens with one attached hydrogen (secondary N) is 1. The van der Waals surface area contributed by atoms with Crippen LogP contribution in [0.3, 0.4) is 0 Å². The summed E-state index contributed by atoms with van der Waals surface area (Å²) >= 11 is 0. The van der Waals surface area contributed by atoms with E-state index in [2.05, 4.69) is 12.2 Å². The van der Waals surface area contributed by atoms with E-state index in [0.717, 1.165) is 13.0 Å². The molecule has 0 saturated heterocycles. The van der Waals surface area contributed by atoms with Gasteiger partial charge in [-0.15, -0.1) is 0 Å². The standard InChI is InChI=1S/C16H26FNO2S/c1-3-11-18-13-14(8-7-12-21(19,20)4-2)15-9-5-6-10-16(15)17/h5-6,9-10,14,18H,3-4,7-8,11-13H2,1-2H3. The van der Waals surface area contributed by atoms with Crippen LogP contribution in [0, 0.1) is 5.82 Å². The van der Waals surface area contributed by atoms with Crippen molar-refractivity contribution in [2.75, 3.05) is 24.6 Å². The van der Waals surface area contributed by atoms with Crippen molar-refractivity contribution < 1.29 is 12.8 Å². The first-order valence-electron chi connectivity index (χ1n) is 7.65. The Hall–Kier alpha value is -0.940. The fourth-order valence-corrected chi connectivity index (χ4v) is 3.22. The van der Waals surface area contributed by atoms with Gasteiger partial charge in [0.25, 0.3) is 0 Å². The van der Waals surface area contributed by atoms with E-state index >= 15 is 0 Å². The molecule has 21 heavy (non-hydrogen) atoms. The van der Waals surface area contributed by atoms with Gasteiger partial charge in [0, 0.05) is 12.3 Å². The molecule has 0 aliphatic carbocycles. The highest BCUT2D eigenvalue weighted by Crippen LogP contribution is 2.23. The second kappa shape index (κ2) is 9.15. The van der Waals surface area contributed by atoms with Crippen LogP contribution >= 0.6 is 0 Å². The zero-order valence-electron chi connectivity index (χ0n) is 12.9. The largest absolute Gasteiger partial charge is 0.316 e. The second-order valence-electron chi connectivity index (χ2n) is 5.30. The molecule has 0 fully saturated rings. The maximum Gasteiger partial charge on any atom is 0.150 e. The van der Waals surface area contributed by atoms with Gasteiger partial charge in [0.15, 0.2) is 0 Å². The van der Waals surface area contributed by atoms with Crippen LogP contribution in [-0.4, -0.2) is 33.0 Å². The van der Waals surface area contributed by atoms with Gasteiger partial charge in [0.1, 0.15) is 15.7 Å². The van der Waals surface area contributed by atoms with Crippen LogP contribution in [0.1, 0.15) is 44.6 Å². The summed E-state index contributed by atoms with van der Waals surface area (Å²) in [7, 11) is -2.95. The number of sulfone groups is 1. The lowest BCUT2D eigenvalue weighted by atomic mass is 9.94. The van der Waals surface area contributed by atoms with Gasteiger partial charge in [-0.25, -0.2) is 12.8 Å². The van der Waals surface area contributed by atoms with Crippen LogP contribution < -0.4 is 5.32 Å². The third kappa shape index (κ3) is 6.57. The summed E-state index contributed by atoms with van der Waals surface area (Å²) in [6.07, 6.45) is 2.27. The SMILES string of the molecule is CCCNCC(CCCS(=O)(=O)CC)c1ccccc1F. The minimum Gasteiger partial charge on any atom is -0.316 e. The third-order valence-corrected chi connectivity index (χ3v) is 5.40. The smallest absolute Gasteiger partial charge is 0.150 e. The van der Waals surface area contributed by atoms with E-state index in [1.165, 1.54) is 6.07 Å². The minimum absolute atomic E-state index is 0.0183. The fraction of sp³-hybridized carbons (Fsp3) is 0.625. The number of benzene rings is 1. The van der Waals surface area contributed by atoms with Crippen molar-refractivity contribution in [2.24, 2.45) is 0 Å². The van der Waals surface area contributed by atoms with Crippen LogP contribution in [0.2, 0.25) is 0 Å². The molecule has 120 valence electrons. The van der Waals surface area contributed by atoms with E-state index in [1.807, 2.05) is 6.07 Å². The lowest BCUT2D eigenvalue weighted by molar-refractivity contribution is 0.510. The van der Waals surface area contributed by atoms with Crippen LogP contribution in [0.25, 0.3) is 0 Å². The molecule has 1 rings (SSSR count). The van der Waals surface area contributed by atoms with Gasteiger partial charge < -0.3 is 5.32 Å². The van der Waals surface area contributed by atoms with Crippen molar-refractivity contribution in [3.63, 3.8) is 0 Å². The Bertz CT molecular complexity index is 517. The molecule has 0 spiro atoms. The molecule has 1 unspecified atom stereocenters. The first-order valence-corrected chi connectivity index (χ1v) is 9.47. The summed E-state index contributed by atoms with van der Waals surface area (Å²) in [5.74, 6) is 0.164. The lowest BCUT2D eigenvalue weighted by Gasteiger charge is -2.18. The van der Waals surface area contributed by atoms with Crippen molar-refractivity contribution in [1.82, 2.24) is 5.32 Å². The Morgan fingerprint density at radius 1 is 1.24 bits per heavy atom. The molecule has 1 aromatic rings. The molecule has 0 aromatic heterocycles. The third-order valence-electron chi connectivity index (χ3n) is 3.61. The first-order chi connectivity index (χ1) is 10.00. The maximum atomic E-state index is 13.9. The summed E-state index contributed by atoms with van der Waals surface area (Å²) in [6.45, 7) is 5.31. The van der Waals surface area contributed by atoms with Crippen LogP contribution in [0.4, 0.5) is 4.39 Å². The Morgan fingerprint density at radius 2 is 1.95 bits per heavy atom. The number of halogens is 1. The zero-order chi connectivity index (χ0) is 15.7. The van der Waals surface area contributed by atoms with E-state index in [1.54, 1.807) is 19.1 Å². The van der Waals surface area contributed by atoms with Crippen LogP contribution in [0.5, 0.6) is 0 Å². The molecule has 0 radical (unpaired) electrons. The van der Waals surface area contributed by atoms with E-state index in [9.17, 15) is 12.8 Å². The van der Waals surface area contributed by atoms with Gasteiger partial charge in [0.2, 0.25) is 0 Å². The second-order valence-corrected chi connectivity index (χ2v) is 7.77. The Balaban J connectivity index is 2.67. The molecule has 0 heterocycles. The van der Waals surface area contributed by atoms with Gasteiger partial charge in [-0.1, -0.05) is 32.0 Å². The molecule has 1 atom stereocenters. The molecular formula is C16H26FNO2S. The van der Waals surface area contributed by atoms with Crippen molar-refractivity contribution in [1.29, 1.82) is 0 Å². The van der Waals surface area contributed by atoms with Crippen molar-refractivity contribution >= 4 is 9.84 Å². The highest BCUT2D eigenvalue weighted by atomic mass is 32.2. The number of hydrogen-bond acceptors (Lipinski definition) is 3. The minimum atomic E-state index is -2.95. The molecule has 0 saturated carbocycles. The highest BCUT2D eigenvalue weighted by Gasteiger charge is 2.16. The average molecular weight is 315 g/mol. The van der Waals surface area contributed by atoms with Gasteiger partial charge in [-0.3, -0.25) is 0 Å². The number of rotatable bonds is 10. The quantitative estimate of drug-likeness (QED) is 0.675. The molecular weight excluding hydrogens is 289 g/mol. The summed E-state index contributed by atoms with van der Waals surface area (Å²) in [5.41, 5.74) is 0.676. The normalized spacial score (nSPS) is 13.3. The average Bonchev–Trinajstić information content (AvgIpc) is 2.46. The molecule has 0 bridgehead atoms. The van der Waals surface area contributed by atoms with E-state index in [-0.39, 0.29) is 23.2 Å². The molecule has 3 nitrogen and oxygen atoms in total. The lowest BCUT2D eigenvalue weighted by Crippen LogP contribution is -2.23. The number of hydrogen-bond donors (Lipinski definition) is 1. The molecule has 0 aliphatic heterocycles. The highest BCUT2D eigenvalue weighted by molar-refractivity contribution is 7.91. The molecule has 5 heteroatoms. The van der Waals surface area contributed by atoms with Gasteiger partial charge in [-0.2, -0.15) is 0 Å². The van der Waals surface area contributed by atoms with Crippen molar-refractivity contribution in [2.45, 2.75) is 39.0 Å². The van der Waals surface area contributed by atoms with Crippen LogP contribution in [-0.2, 0) is 9.84 Å². The van der Waals surface area contributed by atoms with E-state index in [0.29, 0.717) is 24.9 Å². The van der Waals surface area contributed by atoms with Gasteiger partial charge >= 0.3 is 0 Å². The Labute approximate surface area is 127 Å². The predicted molar refractivity (Wildman–Crippen MR) is 85.9 cm³/mol. The van der Waals surface area contributed by atoms with E-state index in [4.69, 9.17) is 0 Å². The molecule has 1 aromatic carbocycles. The van der Waals surface area contributed by atoms with Gasteiger partial charge in [0.05, 0.1) is 5.75 Å². The predicted octanol–water partition coefficient (Wildman–Crippen LogP) is 3.12. The molecule has 1 N–H and O–H groups in total. The first kappa shape index (κ1) is 18.1. The Morgan fingerprint density at radius 3 is 2.57 bits per heavy atom. The summed E-state index contributed by atoms with van der Waals surface area (Å²) in [5, 5.41) is 3.31. The van der Waals surface area contributed by atoms with Crippen molar-refractivity contribution in [3.05, 3.63) is 35.6 Å². The van der Waals surface area contributed by atoms with E-state index < -0.39 is 9.84 Å². The van der Waals surface area contributed by atoms with Crippen LogP contribution in [0.15, 0.2) is 24.3 Å². The topological polar surface area (TPSA) is 46.2 Å². The summed E-state index contributed by atoms with van der Waals surface area (Å²) in [6, 6.07) is 6.76. The Kier molecular flexibility index (Phi) is 7.89. The van der Waals surface area contributed by atoms with Gasteiger partial charge in [-0.05, 0) is 43.4 Å². The monoisotopic (exact) mass is 315 g/mol. The van der Waals surface area contributed by atoms with Crippen molar-refractivity contribution in [3.8, 4) is 0 Å². The zero-order valence-corrected chi connectivity index (χ0v) is 13.8. The summed E-state index contributed by atoms with van der Waals surface area (Å²) in [4.78, 5) is 0. The fourth-order valence-electron chi connectivity index (χ4n) is 2.32. The maximum absolute atomic E-state index is 13.9. The molecule has 0 amide bonds. The molecule has 0 aliphatic rings.